The zero-order valence-electron chi connectivity index (χ0n) is 14.1. The van der Waals surface area contributed by atoms with Crippen LogP contribution in [0.4, 0.5) is 0 Å². The number of aromatic nitrogens is 3. The van der Waals surface area contributed by atoms with Crippen LogP contribution in [0.3, 0.4) is 0 Å². The summed E-state index contributed by atoms with van der Waals surface area (Å²) in [7, 11) is -3.68. The molecular formula is C17H18N4O3S. The Morgan fingerprint density at radius 1 is 1.04 bits per heavy atom. The average molecular weight is 358 g/mol. The van der Waals surface area contributed by atoms with Crippen molar-refractivity contribution in [1.82, 2.24) is 19.9 Å². The second-order valence-corrected chi connectivity index (χ2v) is 7.49. The van der Waals surface area contributed by atoms with Crippen LogP contribution in [0, 0.1) is 20.8 Å². The molecule has 0 aliphatic carbocycles. The summed E-state index contributed by atoms with van der Waals surface area (Å²) in [5.41, 5.74) is 3.15. The summed E-state index contributed by atoms with van der Waals surface area (Å²) in [6, 6.07) is 7.16. The first-order valence-electron chi connectivity index (χ1n) is 7.67. The van der Waals surface area contributed by atoms with Gasteiger partial charge in [0.1, 0.15) is 0 Å². The third-order valence-corrected chi connectivity index (χ3v) is 5.39. The molecule has 25 heavy (non-hydrogen) atoms. The van der Waals surface area contributed by atoms with Crippen molar-refractivity contribution in [2.45, 2.75) is 32.2 Å². The smallest absolute Gasteiger partial charge is 0.247 e. The quantitative estimate of drug-likeness (QED) is 0.752. The largest absolute Gasteiger partial charge is 0.419 e. The lowest BCUT2D eigenvalue weighted by Gasteiger charge is -2.12. The Morgan fingerprint density at radius 3 is 2.32 bits per heavy atom. The van der Waals surface area contributed by atoms with Gasteiger partial charge in [-0.05, 0) is 44.0 Å². The number of pyridine rings is 1. The van der Waals surface area contributed by atoms with Gasteiger partial charge in [-0.15, -0.1) is 10.2 Å². The SMILES string of the molecule is Cc1cc(C)c(S(=O)(=O)NCc2nnc(-c3ccncc3)o2)c(C)c1. The Balaban J connectivity index is 1.79. The zero-order valence-corrected chi connectivity index (χ0v) is 15.0. The van der Waals surface area contributed by atoms with E-state index in [2.05, 4.69) is 19.9 Å². The molecule has 0 atom stereocenters. The molecule has 2 aromatic heterocycles. The maximum absolute atomic E-state index is 12.6. The van der Waals surface area contributed by atoms with Gasteiger partial charge in [-0.25, -0.2) is 13.1 Å². The zero-order chi connectivity index (χ0) is 18.0. The lowest BCUT2D eigenvalue weighted by atomic mass is 10.1. The van der Waals surface area contributed by atoms with Crippen LogP contribution >= 0.6 is 0 Å². The molecule has 130 valence electrons. The number of hydrogen-bond acceptors (Lipinski definition) is 6. The van der Waals surface area contributed by atoms with E-state index in [4.69, 9.17) is 4.42 Å². The van der Waals surface area contributed by atoms with Gasteiger partial charge in [0.25, 0.3) is 0 Å². The number of rotatable bonds is 5. The summed E-state index contributed by atoms with van der Waals surface area (Å²) >= 11 is 0. The molecule has 1 aromatic carbocycles. The summed E-state index contributed by atoms with van der Waals surface area (Å²) < 4.78 is 33.3. The topological polar surface area (TPSA) is 98.0 Å². The van der Waals surface area contributed by atoms with Crippen LogP contribution < -0.4 is 4.72 Å². The molecule has 0 amide bonds. The van der Waals surface area contributed by atoms with Crippen LogP contribution in [-0.2, 0) is 16.6 Å². The molecule has 1 N–H and O–H groups in total. The molecule has 0 aliphatic rings. The molecule has 0 saturated heterocycles. The molecule has 0 fully saturated rings. The predicted octanol–water partition coefficient (Wildman–Crippen LogP) is 2.54. The van der Waals surface area contributed by atoms with Crippen molar-refractivity contribution in [3.63, 3.8) is 0 Å². The summed E-state index contributed by atoms with van der Waals surface area (Å²) in [5, 5.41) is 7.81. The fourth-order valence-electron chi connectivity index (χ4n) is 2.76. The van der Waals surface area contributed by atoms with E-state index < -0.39 is 10.0 Å². The monoisotopic (exact) mass is 358 g/mol. The Hall–Kier alpha value is -2.58. The highest BCUT2D eigenvalue weighted by Crippen LogP contribution is 2.22. The molecule has 7 nitrogen and oxygen atoms in total. The summed E-state index contributed by atoms with van der Waals surface area (Å²) in [6.45, 7) is 5.42. The van der Waals surface area contributed by atoms with E-state index >= 15 is 0 Å². The van der Waals surface area contributed by atoms with Gasteiger partial charge in [0, 0.05) is 18.0 Å². The molecular weight excluding hydrogens is 340 g/mol. The first kappa shape index (κ1) is 17.2. The number of sulfonamides is 1. The van der Waals surface area contributed by atoms with E-state index in [0.29, 0.717) is 17.0 Å². The third kappa shape index (κ3) is 3.75. The molecule has 0 radical (unpaired) electrons. The van der Waals surface area contributed by atoms with Crippen LogP contribution in [0.1, 0.15) is 22.6 Å². The van der Waals surface area contributed by atoms with Gasteiger partial charge in [0.2, 0.25) is 21.8 Å². The molecule has 3 rings (SSSR count). The number of nitrogens with zero attached hydrogens (tertiary/aromatic N) is 3. The van der Waals surface area contributed by atoms with Gasteiger partial charge in [0.05, 0.1) is 11.4 Å². The Kier molecular flexibility index (Phi) is 4.65. The first-order valence-corrected chi connectivity index (χ1v) is 9.15. The summed E-state index contributed by atoms with van der Waals surface area (Å²) in [6.07, 6.45) is 3.23. The number of benzene rings is 1. The standard InChI is InChI=1S/C17H18N4O3S/c1-11-8-12(2)16(13(3)9-11)25(22,23)19-10-15-20-21-17(24-15)14-4-6-18-7-5-14/h4-9,19H,10H2,1-3H3. The fraction of sp³-hybridized carbons (Fsp3) is 0.235. The van der Waals surface area contributed by atoms with Crippen molar-refractivity contribution < 1.29 is 12.8 Å². The van der Waals surface area contributed by atoms with Crippen LogP contribution in [0.2, 0.25) is 0 Å². The fourth-order valence-corrected chi connectivity index (χ4v) is 4.18. The predicted molar refractivity (Wildman–Crippen MR) is 92.2 cm³/mol. The van der Waals surface area contributed by atoms with Crippen LogP contribution in [0.5, 0.6) is 0 Å². The molecule has 0 unspecified atom stereocenters. The van der Waals surface area contributed by atoms with Gasteiger partial charge >= 0.3 is 0 Å². The summed E-state index contributed by atoms with van der Waals surface area (Å²) in [4.78, 5) is 4.21. The second-order valence-electron chi connectivity index (χ2n) is 5.79. The molecule has 0 saturated carbocycles. The van der Waals surface area contributed by atoms with Crippen LogP contribution in [0.15, 0.2) is 46.0 Å². The van der Waals surface area contributed by atoms with E-state index in [1.54, 1.807) is 38.4 Å². The average Bonchev–Trinajstić information content (AvgIpc) is 3.02. The van der Waals surface area contributed by atoms with Gasteiger partial charge < -0.3 is 4.42 Å². The van der Waals surface area contributed by atoms with Gasteiger partial charge in [-0.1, -0.05) is 17.7 Å². The lowest BCUT2D eigenvalue weighted by Crippen LogP contribution is -2.25. The van der Waals surface area contributed by atoms with E-state index in [-0.39, 0.29) is 17.3 Å². The van der Waals surface area contributed by atoms with Gasteiger partial charge in [0.15, 0.2) is 0 Å². The van der Waals surface area contributed by atoms with Crippen molar-refractivity contribution in [3.8, 4) is 11.5 Å². The van der Waals surface area contributed by atoms with Crippen LogP contribution in [0.25, 0.3) is 11.5 Å². The first-order chi connectivity index (χ1) is 11.9. The van der Waals surface area contributed by atoms with Gasteiger partial charge in [-0.3, -0.25) is 4.98 Å². The molecule has 0 bridgehead atoms. The van der Waals surface area contributed by atoms with E-state index in [9.17, 15) is 8.42 Å². The van der Waals surface area contributed by atoms with Gasteiger partial charge in [-0.2, -0.15) is 0 Å². The van der Waals surface area contributed by atoms with E-state index in [1.807, 2.05) is 19.1 Å². The maximum Gasteiger partial charge on any atom is 0.247 e. The lowest BCUT2D eigenvalue weighted by molar-refractivity contribution is 0.494. The van der Waals surface area contributed by atoms with Crippen molar-refractivity contribution >= 4 is 10.0 Å². The minimum absolute atomic E-state index is 0.0762. The Bertz CT molecular complexity index is 975. The normalized spacial score (nSPS) is 11.6. The second kappa shape index (κ2) is 6.73. The Labute approximate surface area is 146 Å². The number of aryl methyl sites for hydroxylation is 3. The molecule has 8 heteroatoms. The number of hydrogen-bond donors (Lipinski definition) is 1. The summed E-state index contributed by atoms with van der Waals surface area (Å²) in [5.74, 6) is 0.511. The molecule has 0 aliphatic heterocycles. The number of nitrogens with one attached hydrogen (secondary N) is 1. The minimum atomic E-state index is -3.68. The van der Waals surface area contributed by atoms with Crippen molar-refractivity contribution in [2.75, 3.05) is 0 Å². The third-order valence-electron chi connectivity index (χ3n) is 3.68. The van der Waals surface area contributed by atoms with Crippen molar-refractivity contribution in [3.05, 3.63) is 59.2 Å². The molecule has 0 spiro atoms. The van der Waals surface area contributed by atoms with E-state index in [0.717, 1.165) is 11.1 Å². The Morgan fingerprint density at radius 2 is 1.68 bits per heavy atom. The minimum Gasteiger partial charge on any atom is -0.419 e. The highest BCUT2D eigenvalue weighted by Gasteiger charge is 2.21. The molecule has 3 aromatic rings. The molecule has 2 heterocycles. The van der Waals surface area contributed by atoms with Crippen molar-refractivity contribution in [1.29, 1.82) is 0 Å². The maximum atomic E-state index is 12.6. The van der Waals surface area contributed by atoms with Crippen LogP contribution in [-0.4, -0.2) is 23.6 Å². The van der Waals surface area contributed by atoms with E-state index in [1.165, 1.54) is 0 Å². The highest BCUT2D eigenvalue weighted by molar-refractivity contribution is 7.89. The highest BCUT2D eigenvalue weighted by atomic mass is 32.2. The van der Waals surface area contributed by atoms with Crippen molar-refractivity contribution in [2.24, 2.45) is 0 Å².